The van der Waals surface area contributed by atoms with Crippen LogP contribution < -0.4 is 5.32 Å². The third-order valence-electron chi connectivity index (χ3n) is 6.16. The summed E-state index contributed by atoms with van der Waals surface area (Å²) in [7, 11) is 2.24. The number of carbonyl (C=O) groups is 1. The van der Waals surface area contributed by atoms with Gasteiger partial charge in [-0.15, -0.1) is 0 Å². The third-order valence-corrected chi connectivity index (χ3v) is 6.16. The van der Waals surface area contributed by atoms with Gasteiger partial charge >= 0.3 is 0 Å². The van der Waals surface area contributed by atoms with Crippen molar-refractivity contribution >= 4 is 5.91 Å². The van der Waals surface area contributed by atoms with Gasteiger partial charge in [0.1, 0.15) is 0 Å². The zero-order chi connectivity index (χ0) is 14.3. The normalized spacial score (nSPS) is 38.5. The molecule has 3 heterocycles. The number of carbonyl (C=O) groups excluding carboxylic acids is 1. The summed E-state index contributed by atoms with van der Waals surface area (Å²) >= 11 is 0. The molecular formula is C16H29N3O. The van der Waals surface area contributed by atoms with Crippen molar-refractivity contribution in [3.05, 3.63) is 0 Å². The Kier molecular flexibility index (Phi) is 3.80. The lowest BCUT2D eigenvalue weighted by atomic mass is 9.75. The second-order valence-electron chi connectivity index (χ2n) is 7.33. The lowest BCUT2D eigenvalue weighted by Gasteiger charge is -2.37. The fraction of sp³-hybridized carbons (Fsp3) is 0.938. The van der Waals surface area contributed by atoms with Crippen molar-refractivity contribution in [1.82, 2.24) is 15.1 Å². The van der Waals surface area contributed by atoms with E-state index in [1.807, 2.05) is 0 Å². The van der Waals surface area contributed by atoms with E-state index in [4.69, 9.17) is 0 Å². The number of fused-ring (bicyclic) bond motifs is 2. The first-order valence-corrected chi connectivity index (χ1v) is 8.26. The Morgan fingerprint density at radius 2 is 2.00 bits per heavy atom. The monoisotopic (exact) mass is 279 g/mol. The topological polar surface area (TPSA) is 35.6 Å². The first-order valence-electron chi connectivity index (χ1n) is 8.26. The van der Waals surface area contributed by atoms with E-state index in [-0.39, 0.29) is 5.41 Å². The van der Waals surface area contributed by atoms with Gasteiger partial charge in [0.2, 0.25) is 5.91 Å². The number of nitrogens with one attached hydrogen (secondary N) is 1. The highest BCUT2D eigenvalue weighted by atomic mass is 16.2. The molecule has 3 aliphatic heterocycles. The molecule has 0 saturated carbocycles. The molecule has 0 aliphatic carbocycles. The molecule has 3 fully saturated rings. The summed E-state index contributed by atoms with van der Waals surface area (Å²) < 4.78 is 0. The second-order valence-corrected chi connectivity index (χ2v) is 7.33. The lowest BCUT2D eigenvalue weighted by molar-refractivity contribution is -0.144. The van der Waals surface area contributed by atoms with E-state index < -0.39 is 0 Å². The molecule has 2 bridgehead atoms. The van der Waals surface area contributed by atoms with Crippen LogP contribution >= 0.6 is 0 Å². The molecule has 0 aromatic rings. The molecular weight excluding hydrogens is 250 g/mol. The van der Waals surface area contributed by atoms with E-state index in [9.17, 15) is 4.79 Å². The van der Waals surface area contributed by atoms with E-state index in [1.165, 1.54) is 12.8 Å². The maximum Gasteiger partial charge on any atom is 0.230 e. The van der Waals surface area contributed by atoms with Gasteiger partial charge in [0.25, 0.3) is 0 Å². The lowest BCUT2D eigenvalue weighted by Crippen LogP contribution is -2.50. The summed E-state index contributed by atoms with van der Waals surface area (Å²) in [5.74, 6) is 0.835. The van der Waals surface area contributed by atoms with Crippen LogP contribution in [0.2, 0.25) is 0 Å². The average molecular weight is 279 g/mol. The van der Waals surface area contributed by atoms with E-state index in [2.05, 4.69) is 36.0 Å². The Morgan fingerprint density at radius 3 is 2.65 bits per heavy atom. The summed E-state index contributed by atoms with van der Waals surface area (Å²) in [6.07, 6.45) is 4.74. The van der Waals surface area contributed by atoms with Crippen LogP contribution in [0.5, 0.6) is 0 Å². The molecule has 0 aromatic carbocycles. The van der Waals surface area contributed by atoms with Gasteiger partial charge in [-0.05, 0) is 45.2 Å². The van der Waals surface area contributed by atoms with E-state index in [0.717, 1.165) is 39.0 Å². The highest BCUT2D eigenvalue weighted by Gasteiger charge is 2.47. The highest BCUT2D eigenvalue weighted by molar-refractivity contribution is 5.84. The molecule has 3 atom stereocenters. The molecule has 0 radical (unpaired) electrons. The zero-order valence-electron chi connectivity index (χ0n) is 13.2. The molecule has 1 N–H and O–H groups in total. The molecule has 4 nitrogen and oxygen atoms in total. The second kappa shape index (κ2) is 5.30. The van der Waals surface area contributed by atoms with Crippen molar-refractivity contribution in [3.8, 4) is 0 Å². The van der Waals surface area contributed by atoms with Crippen LogP contribution in [0.25, 0.3) is 0 Å². The van der Waals surface area contributed by atoms with Crippen LogP contribution in [-0.2, 0) is 4.79 Å². The molecule has 4 heteroatoms. The fourth-order valence-electron chi connectivity index (χ4n) is 4.44. The van der Waals surface area contributed by atoms with Gasteiger partial charge in [-0.3, -0.25) is 9.69 Å². The minimum Gasteiger partial charge on any atom is -0.341 e. The van der Waals surface area contributed by atoms with Crippen LogP contribution in [0.1, 0.15) is 39.5 Å². The molecule has 20 heavy (non-hydrogen) atoms. The fourth-order valence-corrected chi connectivity index (χ4v) is 4.44. The van der Waals surface area contributed by atoms with Gasteiger partial charge in [-0.1, -0.05) is 13.8 Å². The predicted octanol–water partition coefficient (Wildman–Crippen LogP) is 1.32. The van der Waals surface area contributed by atoms with Crippen molar-refractivity contribution in [3.63, 3.8) is 0 Å². The summed E-state index contributed by atoms with van der Waals surface area (Å²) in [6, 6.07) is 1.29. The van der Waals surface area contributed by atoms with Gasteiger partial charge in [0.05, 0.1) is 5.41 Å². The SMILES string of the molecule is CC(C)C1(C(=O)N2CCC3CCC(C2)N3C)CCNC1. The molecule has 3 rings (SSSR count). The first-order chi connectivity index (χ1) is 9.54. The molecule has 0 aromatic heterocycles. The van der Waals surface area contributed by atoms with Crippen LogP contribution in [0.4, 0.5) is 0 Å². The number of amides is 1. The Balaban J connectivity index is 1.77. The smallest absolute Gasteiger partial charge is 0.230 e. The predicted molar refractivity (Wildman–Crippen MR) is 80.5 cm³/mol. The number of hydrogen-bond donors (Lipinski definition) is 1. The van der Waals surface area contributed by atoms with Crippen LogP contribution in [0, 0.1) is 11.3 Å². The number of likely N-dealkylation sites (tertiary alicyclic amines) is 1. The van der Waals surface area contributed by atoms with Crippen LogP contribution in [0.3, 0.4) is 0 Å². The Bertz CT molecular complexity index is 376. The largest absolute Gasteiger partial charge is 0.341 e. The van der Waals surface area contributed by atoms with E-state index >= 15 is 0 Å². The van der Waals surface area contributed by atoms with Crippen molar-refractivity contribution in [1.29, 1.82) is 0 Å². The quantitative estimate of drug-likeness (QED) is 0.828. The Hall–Kier alpha value is -0.610. The minimum absolute atomic E-state index is 0.151. The third kappa shape index (κ3) is 2.17. The number of hydrogen-bond acceptors (Lipinski definition) is 3. The van der Waals surface area contributed by atoms with Gasteiger partial charge in [-0.25, -0.2) is 0 Å². The average Bonchev–Trinajstić information content (AvgIpc) is 2.96. The van der Waals surface area contributed by atoms with Gasteiger partial charge in [0, 0.05) is 31.7 Å². The van der Waals surface area contributed by atoms with Crippen LogP contribution in [-0.4, -0.2) is 61.0 Å². The maximum atomic E-state index is 13.2. The molecule has 3 aliphatic rings. The van der Waals surface area contributed by atoms with Crippen molar-refractivity contribution in [2.24, 2.45) is 11.3 Å². The van der Waals surface area contributed by atoms with Gasteiger partial charge < -0.3 is 10.2 Å². The summed E-state index contributed by atoms with van der Waals surface area (Å²) in [5.41, 5.74) is -0.151. The van der Waals surface area contributed by atoms with Gasteiger partial charge in [-0.2, -0.15) is 0 Å². The van der Waals surface area contributed by atoms with E-state index in [0.29, 0.717) is 23.9 Å². The summed E-state index contributed by atoms with van der Waals surface area (Å²) in [5, 5.41) is 3.41. The molecule has 3 saturated heterocycles. The van der Waals surface area contributed by atoms with Crippen molar-refractivity contribution in [2.45, 2.75) is 51.6 Å². The highest BCUT2D eigenvalue weighted by Crippen LogP contribution is 2.38. The Morgan fingerprint density at radius 1 is 1.25 bits per heavy atom. The summed E-state index contributed by atoms with van der Waals surface area (Å²) in [6.45, 7) is 8.18. The first kappa shape index (κ1) is 14.3. The van der Waals surface area contributed by atoms with Crippen molar-refractivity contribution < 1.29 is 4.79 Å². The van der Waals surface area contributed by atoms with E-state index in [1.54, 1.807) is 0 Å². The summed E-state index contributed by atoms with van der Waals surface area (Å²) in [4.78, 5) is 17.9. The maximum absolute atomic E-state index is 13.2. The molecule has 114 valence electrons. The number of rotatable bonds is 2. The van der Waals surface area contributed by atoms with Crippen LogP contribution in [0.15, 0.2) is 0 Å². The number of nitrogens with zero attached hydrogens (tertiary/aromatic N) is 2. The number of likely N-dealkylation sites (N-methyl/N-ethyl adjacent to an activating group) is 1. The zero-order valence-corrected chi connectivity index (χ0v) is 13.2. The molecule has 0 spiro atoms. The van der Waals surface area contributed by atoms with Gasteiger partial charge in [0.15, 0.2) is 0 Å². The molecule has 3 unspecified atom stereocenters. The Labute approximate surface area is 122 Å². The molecule has 1 amide bonds. The minimum atomic E-state index is -0.151. The van der Waals surface area contributed by atoms with Crippen molar-refractivity contribution in [2.75, 3.05) is 33.2 Å². The standard InChI is InChI=1S/C16H29N3O/c1-12(2)16(7-8-17-11-16)15(20)19-9-6-13-4-5-14(10-19)18(13)3/h12-14,17H,4-11H2,1-3H3.